The van der Waals surface area contributed by atoms with Gasteiger partial charge in [-0.1, -0.05) is 6.58 Å². The van der Waals surface area contributed by atoms with E-state index in [4.69, 9.17) is 10.2 Å². The van der Waals surface area contributed by atoms with Crippen molar-refractivity contribution in [1.29, 1.82) is 0 Å². The van der Waals surface area contributed by atoms with E-state index in [0.717, 1.165) is 0 Å². The van der Waals surface area contributed by atoms with Crippen molar-refractivity contribution in [1.82, 2.24) is 10.2 Å². The zero-order valence-corrected chi connectivity index (χ0v) is 6.86. The number of nitrogens with one attached hydrogen (secondary N) is 1. The molecule has 0 unspecified atom stereocenters. The van der Waals surface area contributed by atoms with Crippen molar-refractivity contribution < 1.29 is 15.0 Å². The summed E-state index contributed by atoms with van der Waals surface area (Å²) in [5.74, 6) is 0. The third-order valence-corrected chi connectivity index (χ3v) is 1.25. The van der Waals surface area contributed by atoms with Crippen LogP contribution < -0.4 is 5.32 Å². The molecule has 0 heterocycles. The summed E-state index contributed by atoms with van der Waals surface area (Å²) < 4.78 is 0. The van der Waals surface area contributed by atoms with Crippen LogP contribution in [-0.2, 0) is 0 Å². The maximum absolute atomic E-state index is 11.0. The fourth-order valence-corrected chi connectivity index (χ4v) is 0.735. The van der Waals surface area contributed by atoms with E-state index in [2.05, 4.69) is 11.9 Å². The molecule has 0 rings (SSSR count). The molecule has 12 heavy (non-hydrogen) atoms. The average Bonchev–Trinajstić information content (AvgIpc) is 2.04. The van der Waals surface area contributed by atoms with Crippen LogP contribution in [0, 0.1) is 0 Å². The van der Waals surface area contributed by atoms with E-state index < -0.39 is 0 Å². The predicted octanol–water partition coefficient (Wildman–Crippen LogP) is -0.874. The molecule has 0 atom stereocenters. The number of aliphatic hydroxyl groups is 2. The van der Waals surface area contributed by atoms with Gasteiger partial charge in [-0.3, -0.25) is 0 Å². The number of amides is 2. The number of carbonyl (C=O) groups excluding carboxylic acids is 1. The Morgan fingerprint density at radius 1 is 1.42 bits per heavy atom. The number of urea groups is 1. The Morgan fingerprint density at radius 2 is 1.92 bits per heavy atom. The standard InChI is InChI=1S/C7H14N2O3/c1-2-8-7(12)9(3-5-10)4-6-11/h2,10-11H,1,3-6H2,(H,8,12). The second kappa shape index (κ2) is 6.63. The first-order valence-corrected chi connectivity index (χ1v) is 3.64. The van der Waals surface area contributed by atoms with Gasteiger partial charge in [-0.25, -0.2) is 4.79 Å². The first-order chi connectivity index (χ1) is 5.76. The summed E-state index contributed by atoms with van der Waals surface area (Å²) in [5, 5.41) is 19.4. The van der Waals surface area contributed by atoms with Gasteiger partial charge in [0, 0.05) is 13.1 Å². The van der Waals surface area contributed by atoms with Crippen molar-refractivity contribution >= 4 is 6.03 Å². The summed E-state index contributed by atoms with van der Waals surface area (Å²) in [4.78, 5) is 12.3. The van der Waals surface area contributed by atoms with Crippen LogP contribution in [0.1, 0.15) is 0 Å². The third kappa shape index (κ3) is 3.95. The third-order valence-electron chi connectivity index (χ3n) is 1.25. The Hall–Kier alpha value is -1.07. The minimum Gasteiger partial charge on any atom is -0.395 e. The molecular formula is C7H14N2O3. The summed E-state index contributed by atoms with van der Waals surface area (Å²) in [5.41, 5.74) is 0. The highest BCUT2D eigenvalue weighted by Crippen LogP contribution is 1.87. The van der Waals surface area contributed by atoms with Gasteiger partial charge in [0.15, 0.2) is 0 Å². The predicted molar refractivity (Wildman–Crippen MR) is 44.5 cm³/mol. The molecular weight excluding hydrogens is 160 g/mol. The maximum Gasteiger partial charge on any atom is 0.321 e. The van der Waals surface area contributed by atoms with Crippen molar-refractivity contribution in [3.8, 4) is 0 Å². The van der Waals surface area contributed by atoms with Gasteiger partial charge in [0.25, 0.3) is 0 Å². The zero-order chi connectivity index (χ0) is 9.40. The molecule has 0 saturated heterocycles. The van der Waals surface area contributed by atoms with Gasteiger partial charge in [-0.05, 0) is 6.20 Å². The molecule has 70 valence electrons. The lowest BCUT2D eigenvalue weighted by atomic mass is 10.5. The fraction of sp³-hybridized carbons (Fsp3) is 0.571. The van der Waals surface area contributed by atoms with E-state index in [9.17, 15) is 4.79 Å². The van der Waals surface area contributed by atoms with E-state index in [1.54, 1.807) is 0 Å². The number of aliphatic hydroxyl groups excluding tert-OH is 2. The summed E-state index contributed by atoms with van der Waals surface area (Å²) >= 11 is 0. The first-order valence-electron chi connectivity index (χ1n) is 3.64. The van der Waals surface area contributed by atoms with E-state index in [1.807, 2.05) is 0 Å². The topological polar surface area (TPSA) is 72.8 Å². The average molecular weight is 174 g/mol. The maximum atomic E-state index is 11.0. The van der Waals surface area contributed by atoms with Gasteiger partial charge >= 0.3 is 6.03 Å². The molecule has 0 aromatic heterocycles. The highest BCUT2D eigenvalue weighted by molar-refractivity contribution is 5.75. The molecule has 5 heteroatoms. The van der Waals surface area contributed by atoms with Crippen molar-refractivity contribution in [2.24, 2.45) is 0 Å². The Labute approximate surface area is 71.3 Å². The van der Waals surface area contributed by atoms with Gasteiger partial charge in [0.2, 0.25) is 0 Å². The van der Waals surface area contributed by atoms with Crippen LogP contribution in [0.4, 0.5) is 4.79 Å². The lowest BCUT2D eigenvalue weighted by Crippen LogP contribution is -2.40. The van der Waals surface area contributed by atoms with E-state index in [1.165, 1.54) is 11.1 Å². The van der Waals surface area contributed by atoms with Gasteiger partial charge in [0.1, 0.15) is 0 Å². The highest BCUT2D eigenvalue weighted by Gasteiger charge is 2.09. The Bertz CT molecular complexity index is 144. The van der Waals surface area contributed by atoms with E-state index in [-0.39, 0.29) is 32.3 Å². The van der Waals surface area contributed by atoms with Crippen molar-refractivity contribution in [2.75, 3.05) is 26.3 Å². The summed E-state index contributed by atoms with van der Waals surface area (Å²) in [6, 6.07) is -0.367. The molecule has 0 aliphatic carbocycles. The van der Waals surface area contributed by atoms with Gasteiger partial charge in [-0.2, -0.15) is 0 Å². The normalized spacial score (nSPS) is 9.17. The fourth-order valence-electron chi connectivity index (χ4n) is 0.735. The van der Waals surface area contributed by atoms with Crippen LogP contribution >= 0.6 is 0 Å². The van der Waals surface area contributed by atoms with Crippen LogP contribution in [0.2, 0.25) is 0 Å². The van der Waals surface area contributed by atoms with Crippen LogP contribution in [0.5, 0.6) is 0 Å². The molecule has 3 N–H and O–H groups in total. The van der Waals surface area contributed by atoms with Crippen molar-refractivity contribution in [3.63, 3.8) is 0 Å². The van der Waals surface area contributed by atoms with E-state index in [0.29, 0.717) is 0 Å². The quantitative estimate of drug-likeness (QED) is 0.507. The first kappa shape index (κ1) is 10.9. The van der Waals surface area contributed by atoms with Gasteiger partial charge in [-0.15, -0.1) is 0 Å². The number of nitrogens with zero attached hydrogens (tertiary/aromatic N) is 1. The van der Waals surface area contributed by atoms with Gasteiger partial charge in [0.05, 0.1) is 13.2 Å². The summed E-state index contributed by atoms with van der Waals surface area (Å²) in [7, 11) is 0. The zero-order valence-electron chi connectivity index (χ0n) is 6.86. The SMILES string of the molecule is C=CNC(=O)N(CCO)CCO. The molecule has 0 bridgehead atoms. The monoisotopic (exact) mass is 174 g/mol. The second-order valence-electron chi connectivity index (χ2n) is 2.09. The minimum atomic E-state index is -0.367. The van der Waals surface area contributed by atoms with Crippen LogP contribution in [0.15, 0.2) is 12.8 Å². The number of hydrogen-bond donors (Lipinski definition) is 3. The summed E-state index contributed by atoms with van der Waals surface area (Å²) in [6.07, 6.45) is 1.25. The highest BCUT2D eigenvalue weighted by atomic mass is 16.3. The molecule has 5 nitrogen and oxygen atoms in total. The molecule has 0 fully saturated rings. The van der Waals surface area contributed by atoms with Gasteiger partial charge < -0.3 is 20.4 Å². The van der Waals surface area contributed by atoms with Crippen LogP contribution in [0.25, 0.3) is 0 Å². The molecule has 0 saturated carbocycles. The largest absolute Gasteiger partial charge is 0.395 e. The molecule has 0 radical (unpaired) electrons. The molecule has 2 amide bonds. The van der Waals surface area contributed by atoms with Crippen LogP contribution in [-0.4, -0.2) is 47.4 Å². The molecule has 0 aliphatic heterocycles. The Balaban J connectivity index is 3.89. The molecule has 0 aromatic rings. The van der Waals surface area contributed by atoms with Crippen LogP contribution in [0.3, 0.4) is 0 Å². The smallest absolute Gasteiger partial charge is 0.321 e. The second-order valence-corrected chi connectivity index (χ2v) is 2.09. The Morgan fingerprint density at radius 3 is 2.25 bits per heavy atom. The van der Waals surface area contributed by atoms with Crippen molar-refractivity contribution in [2.45, 2.75) is 0 Å². The number of hydrogen-bond acceptors (Lipinski definition) is 3. The molecule has 0 spiro atoms. The lowest BCUT2D eigenvalue weighted by molar-refractivity contribution is 0.161. The van der Waals surface area contributed by atoms with Crippen molar-refractivity contribution in [3.05, 3.63) is 12.8 Å². The minimum absolute atomic E-state index is 0.120. The molecule has 0 aromatic carbocycles. The molecule has 0 aliphatic rings. The number of rotatable bonds is 5. The summed E-state index contributed by atoms with van der Waals surface area (Å²) in [6.45, 7) is 3.50. The number of carbonyl (C=O) groups is 1. The Kier molecular flexibility index (Phi) is 6.04. The van der Waals surface area contributed by atoms with E-state index >= 15 is 0 Å². The lowest BCUT2D eigenvalue weighted by Gasteiger charge is -2.19.